The van der Waals surface area contributed by atoms with Crippen LogP contribution in [0, 0.1) is 0 Å². The molecular formula is C16H13ClF3N3O3. The van der Waals surface area contributed by atoms with Crippen molar-refractivity contribution in [1.29, 1.82) is 0 Å². The molecule has 2 aromatic heterocycles. The number of oxazole rings is 1. The zero-order chi connectivity index (χ0) is 19.4. The van der Waals surface area contributed by atoms with E-state index in [0.717, 1.165) is 0 Å². The summed E-state index contributed by atoms with van der Waals surface area (Å²) < 4.78 is 44.5. The van der Waals surface area contributed by atoms with Gasteiger partial charge in [-0.3, -0.25) is 4.79 Å². The Hall–Kier alpha value is -2.55. The second-order valence-corrected chi connectivity index (χ2v) is 7.08. The molecule has 1 aromatic carbocycles. The number of H-pyrrole nitrogens is 1. The molecule has 0 amide bonds. The SMILES string of the molecule is CC(C)(C)c1nc2c(Cl)ccc(-n3c(=O)cc(C(F)(F)F)[nH]c3=O)c2o1. The lowest BCUT2D eigenvalue weighted by Crippen LogP contribution is -2.35. The Morgan fingerprint density at radius 1 is 1.19 bits per heavy atom. The van der Waals surface area contributed by atoms with Crippen molar-refractivity contribution in [3.8, 4) is 5.69 Å². The number of rotatable bonds is 1. The van der Waals surface area contributed by atoms with Gasteiger partial charge < -0.3 is 9.40 Å². The molecule has 1 N–H and O–H groups in total. The molecule has 0 atom stereocenters. The van der Waals surface area contributed by atoms with Crippen molar-refractivity contribution in [3.63, 3.8) is 0 Å². The number of nitrogens with zero attached hydrogens (tertiary/aromatic N) is 2. The number of nitrogens with one attached hydrogen (secondary N) is 1. The smallest absolute Gasteiger partial charge is 0.431 e. The van der Waals surface area contributed by atoms with Gasteiger partial charge in [-0.05, 0) is 12.1 Å². The molecule has 0 aliphatic heterocycles. The normalized spacial score (nSPS) is 12.7. The molecule has 0 spiro atoms. The highest BCUT2D eigenvalue weighted by Gasteiger charge is 2.33. The Morgan fingerprint density at radius 3 is 2.38 bits per heavy atom. The molecule has 0 saturated heterocycles. The summed E-state index contributed by atoms with van der Waals surface area (Å²) in [6.45, 7) is 5.51. The second-order valence-electron chi connectivity index (χ2n) is 6.67. The van der Waals surface area contributed by atoms with E-state index in [2.05, 4.69) is 4.98 Å². The lowest BCUT2D eigenvalue weighted by molar-refractivity contribution is -0.141. The van der Waals surface area contributed by atoms with Gasteiger partial charge in [-0.25, -0.2) is 14.3 Å². The third-order valence-corrected chi connectivity index (χ3v) is 3.90. The van der Waals surface area contributed by atoms with E-state index in [0.29, 0.717) is 16.5 Å². The monoisotopic (exact) mass is 387 g/mol. The van der Waals surface area contributed by atoms with Crippen molar-refractivity contribution in [2.45, 2.75) is 32.4 Å². The maximum Gasteiger partial charge on any atom is 0.431 e. The fraction of sp³-hybridized carbons (Fsp3) is 0.312. The summed E-state index contributed by atoms with van der Waals surface area (Å²) in [7, 11) is 0. The quantitative estimate of drug-likeness (QED) is 0.691. The maximum absolute atomic E-state index is 12.8. The van der Waals surface area contributed by atoms with Gasteiger partial charge in [-0.2, -0.15) is 13.2 Å². The minimum atomic E-state index is -4.85. The molecule has 0 unspecified atom stereocenters. The maximum atomic E-state index is 12.8. The van der Waals surface area contributed by atoms with Gasteiger partial charge in [0.15, 0.2) is 5.58 Å². The molecule has 3 aromatic rings. The van der Waals surface area contributed by atoms with Crippen LogP contribution in [0.2, 0.25) is 5.02 Å². The van der Waals surface area contributed by atoms with Crippen LogP contribution >= 0.6 is 11.6 Å². The van der Waals surface area contributed by atoms with E-state index in [1.54, 1.807) is 4.98 Å². The number of hydrogen-bond acceptors (Lipinski definition) is 4. The van der Waals surface area contributed by atoms with Crippen LogP contribution in [0.15, 0.2) is 32.2 Å². The lowest BCUT2D eigenvalue weighted by Gasteiger charge is -2.12. The fourth-order valence-electron chi connectivity index (χ4n) is 2.34. The largest absolute Gasteiger partial charge is 0.438 e. The number of hydrogen-bond donors (Lipinski definition) is 1. The number of aromatic nitrogens is 3. The molecule has 0 saturated carbocycles. The molecule has 6 nitrogen and oxygen atoms in total. The van der Waals surface area contributed by atoms with Crippen molar-refractivity contribution in [1.82, 2.24) is 14.5 Å². The van der Waals surface area contributed by atoms with Gasteiger partial charge in [-0.1, -0.05) is 32.4 Å². The summed E-state index contributed by atoms with van der Waals surface area (Å²) in [5, 5.41) is 0.222. The number of alkyl halides is 3. The molecule has 138 valence electrons. The first kappa shape index (κ1) is 18.2. The molecule has 10 heteroatoms. The van der Waals surface area contributed by atoms with Crippen LogP contribution in [0.4, 0.5) is 13.2 Å². The molecule has 0 radical (unpaired) electrons. The number of halogens is 4. The molecule has 0 bridgehead atoms. The Balaban J connectivity index is 2.34. The van der Waals surface area contributed by atoms with Crippen LogP contribution in [-0.4, -0.2) is 14.5 Å². The van der Waals surface area contributed by atoms with Crippen LogP contribution in [0.1, 0.15) is 32.4 Å². The minimum Gasteiger partial charge on any atom is -0.438 e. The van der Waals surface area contributed by atoms with Crippen LogP contribution in [0.25, 0.3) is 16.8 Å². The second kappa shape index (κ2) is 5.73. The van der Waals surface area contributed by atoms with Crippen LogP contribution < -0.4 is 11.2 Å². The van der Waals surface area contributed by atoms with E-state index in [9.17, 15) is 22.8 Å². The van der Waals surface area contributed by atoms with E-state index in [4.69, 9.17) is 16.0 Å². The predicted octanol–water partition coefficient (Wildman–Crippen LogP) is 3.64. The summed E-state index contributed by atoms with van der Waals surface area (Å²) in [6.07, 6.45) is -4.85. The first-order valence-electron chi connectivity index (χ1n) is 7.43. The third kappa shape index (κ3) is 3.03. The minimum absolute atomic E-state index is 0.0368. The fourth-order valence-corrected chi connectivity index (χ4v) is 2.53. The van der Waals surface area contributed by atoms with E-state index >= 15 is 0 Å². The predicted molar refractivity (Wildman–Crippen MR) is 88.9 cm³/mol. The number of aromatic amines is 1. The number of fused-ring (bicyclic) bond motifs is 1. The van der Waals surface area contributed by atoms with Crippen molar-refractivity contribution in [2.24, 2.45) is 0 Å². The Kier molecular flexibility index (Phi) is 4.02. The lowest BCUT2D eigenvalue weighted by atomic mass is 9.97. The highest BCUT2D eigenvalue weighted by Crippen LogP contribution is 2.33. The molecule has 0 aliphatic rings. The summed E-state index contributed by atoms with van der Waals surface area (Å²) in [4.78, 5) is 30.3. The van der Waals surface area contributed by atoms with E-state index in [1.807, 2.05) is 20.8 Å². The third-order valence-electron chi connectivity index (χ3n) is 3.59. The summed E-state index contributed by atoms with van der Waals surface area (Å²) >= 11 is 6.10. The van der Waals surface area contributed by atoms with E-state index in [1.165, 1.54) is 12.1 Å². The van der Waals surface area contributed by atoms with Gasteiger partial charge in [0.1, 0.15) is 11.2 Å². The average Bonchev–Trinajstić information content (AvgIpc) is 2.94. The van der Waals surface area contributed by atoms with E-state index in [-0.39, 0.29) is 21.8 Å². The standard InChI is InChI=1S/C16H13ClF3N3O3/c1-15(2,3)13-22-11-7(17)4-5-8(12(11)26-13)23-10(24)6-9(16(18,19)20)21-14(23)25/h4-6H,1-3H3,(H,21,25). The van der Waals surface area contributed by atoms with Crippen LogP contribution in [0.5, 0.6) is 0 Å². The Labute approximate surface area is 149 Å². The molecule has 2 heterocycles. The van der Waals surface area contributed by atoms with Gasteiger partial charge in [0.25, 0.3) is 5.56 Å². The van der Waals surface area contributed by atoms with Gasteiger partial charge in [0.05, 0.1) is 10.7 Å². The molecule has 3 rings (SSSR count). The topological polar surface area (TPSA) is 80.9 Å². The van der Waals surface area contributed by atoms with Gasteiger partial charge in [0.2, 0.25) is 5.89 Å². The van der Waals surface area contributed by atoms with Gasteiger partial charge in [-0.15, -0.1) is 0 Å². The zero-order valence-electron chi connectivity index (χ0n) is 13.9. The van der Waals surface area contributed by atoms with Gasteiger partial charge >= 0.3 is 11.9 Å². The summed E-state index contributed by atoms with van der Waals surface area (Å²) in [6, 6.07) is 3.01. The highest BCUT2D eigenvalue weighted by atomic mass is 35.5. The average molecular weight is 388 g/mol. The van der Waals surface area contributed by atoms with E-state index < -0.39 is 28.5 Å². The molecule has 0 fully saturated rings. The van der Waals surface area contributed by atoms with Crippen molar-refractivity contribution in [2.75, 3.05) is 0 Å². The first-order valence-corrected chi connectivity index (χ1v) is 7.81. The Bertz CT molecular complexity index is 1090. The van der Waals surface area contributed by atoms with Crippen LogP contribution in [0.3, 0.4) is 0 Å². The number of benzene rings is 1. The zero-order valence-corrected chi connectivity index (χ0v) is 14.6. The van der Waals surface area contributed by atoms with Crippen molar-refractivity contribution >= 4 is 22.7 Å². The van der Waals surface area contributed by atoms with Crippen LogP contribution in [-0.2, 0) is 11.6 Å². The summed E-state index contributed by atoms with van der Waals surface area (Å²) in [5.41, 5.74) is -4.12. The molecular weight excluding hydrogens is 375 g/mol. The summed E-state index contributed by atoms with van der Waals surface area (Å²) in [5.74, 6) is 0.304. The highest BCUT2D eigenvalue weighted by molar-refractivity contribution is 6.35. The van der Waals surface area contributed by atoms with Gasteiger partial charge in [0, 0.05) is 11.5 Å². The first-order chi connectivity index (χ1) is 11.9. The van der Waals surface area contributed by atoms with Crippen molar-refractivity contribution in [3.05, 3.63) is 55.6 Å². The molecule has 26 heavy (non-hydrogen) atoms. The molecule has 0 aliphatic carbocycles. The van der Waals surface area contributed by atoms with Crippen molar-refractivity contribution < 1.29 is 17.6 Å². The Morgan fingerprint density at radius 2 is 1.85 bits per heavy atom.